The zero-order valence-electron chi connectivity index (χ0n) is 49.4. The maximum Gasteiger partial charge on any atom is 0.261 e. The summed E-state index contributed by atoms with van der Waals surface area (Å²) < 4.78 is 6.65. The zero-order chi connectivity index (χ0) is 54.5. The monoisotopic (exact) mass is 1120 g/mol. The molecule has 6 rings (SSSR count). The van der Waals surface area contributed by atoms with E-state index in [1.54, 1.807) is 11.3 Å². The fourth-order valence-electron chi connectivity index (χ4n) is 11.7. The first kappa shape index (κ1) is 63.4. The molecule has 2 amide bonds. The third kappa shape index (κ3) is 20.9. The fraction of sp³-hybridized carbons (Fsp3) is 0.676. The number of thiophene rings is 4. The number of hydrogen-bond donors (Lipinski definition) is 0. The summed E-state index contributed by atoms with van der Waals surface area (Å²) in [5.41, 5.74) is 2.95. The van der Waals surface area contributed by atoms with Gasteiger partial charge in [-0.2, -0.15) is 0 Å². The second kappa shape index (κ2) is 36.5. The Balaban J connectivity index is 1.07. The molecule has 2 atom stereocenters. The van der Waals surface area contributed by atoms with Gasteiger partial charge in [-0.15, -0.1) is 45.3 Å². The fourth-order valence-corrected chi connectivity index (χ4v) is 15.9. The van der Waals surface area contributed by atoms with Gasteiger partial charge in [-0.25, -0.2) is 0 Å². The molecule has 0 radical (unpaired) electrons. The van der Waals surface area contributed by atoms with E-state index in [4.69, 9.17) is 4.74 Å². The minimum atomic E-state index is 0.00774. The number of aryl methyl sites for hydroxylation is 1. The molecule has 0 spiro atoms. The molecule has 2 aliphatic heterocycles. The summed E-state index contributed by atoms with van der Waals surface area (Å²) in [6.45, 7) is 15.6. The van der Waals surface area contributed by atoms with E-state index >= 15 is 0 Å². The first-order chi connectivity index (χ1) is 37.7. The Morgan fingerprint density at radius 2 is 0.740 bits per heavy atom. The molecule has 6 heterocycles. The van der Waals surface area contributed by atoms with Crippen molar-refractivity contribution < 1.29 is 14.3 Å². The first-order valence-corrected chi connectivity index (χ1v) is 35.1. The third-order valence-electron chi connectivity index (χ3n) is 16.5. The highest BCUT2D eigenvalue weighted by Crippen LogP contribution is 2.48. The highest BCUT2D eigenvalue weighted by molar-refractivity contribution is 7.28. The Morgan fingerprint density at radius 1 is 0.390 bits per heavy atom. The molecular weight excluding hydrogens is 1020 g/mol. The Kier molecular flexibility index (Phi) is 30.0. The van der Waals surface area contributed by atoms with Crippen LogP contribution in [0.5, 0.6) is 0 Å². The molecule has 0 saturated carbocycles. The second-order valence-electron chi connectivity index (χ2n) is 23.2. The summed E-state index contributed by atoms with van der Waals surface area (Å²) in [5.74, 6) is 0.715. The predicted octanol–water partition coefficient (Wildman–Crippen LogP) is 22.6. The van der Waals surface area contributed by atoms with Gasteiger partial charge in [0.05, 0.1) is 27.8 Å². The highest BCUT2D eigenvalue weighted by Gasteiger charge is 2.47. The van der Waals surface area contributed by atoms with Gasteiger partial charge in [-0.05, 0) is 107 Å². The summed E-state index contributed by atoms with van der Waals surface area (Å²) >= 11 is 7.27. The van der Waals surface area contributed by atoms with Gasteiger partial charge in [0, 0.05) is 59.5 Å². The van der Waals surface area contributed by atoms with Crippen molar-refractivity contribution in [1.29, 1.82) is 0 Å². The largest absolute Gasteiger partial charge is 0.378 e. The van der Waals surface area contributed by atoms with Gasteiger partial charge in [0.1, 0.15) is 0 Å². The molecule has 9 heteroatoms. The second-order valence-corrected chi connectivity index (χ2v) is 27.7. The lowest BCUT2D eigenvalue weighted by atomic mass is 9.96. The molecule has 5 nitrogen and oxygen atoms in total. The highest BCUT2D eigenvalue weighted by atomic mass is 32.1. The average Bonchev–Trinajstić information content (AvgIpc) is 4.51. The van der Waals surface area contributed by atoms with E-state index in [2.05, 4.69) is 83.1 Å². The molecule has 4 aromatic rings. The van der Waals surface area contributed by atoms with Crippen LogP contribution in [0.3, 0.4) is 0 Å². The van der Waals surface area contributed by atoms with Gasteiger partial charge < -0.3 is 14.5 Å². The van der Waals surface area contributed by atoms with E-state index in [-0.39, 0.29) is 17.9 Å². The topological polar surface area (TPSA) is 49.9 Å². The van der Waals surface area contributed by atoms with Crippen LogP contribution < -0.4 is 0 Å². The molecule has 0 saturated heterocycles. The zero-order valence-corrected chi connectivity index (χ0v) is 52.7. The molecule has 0 aromatic carbocycles. The van der Waals surface area contributed by atoms with Crippen LogP contribution >= 0.6 is 45.3 Å². The molecule has 0 fully saturated rings. The van der Waals surface area contributed by atoms with Gasteiger partial charge in [-0.3, -0.25) is 9.59 Å². The lowest BCUT2D eigenvalue weighted by molar-refractivity contribution is -0.124. The Hall–Kier alpha value is -2.82. The van der Waals surface area contributed by atoms with Gasteiger partial charge in [-0.1, -0.05) is 214 Å². The standard InChI is InChI=1S/C68H104N2O3S4/c1-7-10-13-16-19-21-23-25-28-31-38-53(4)39-33-35-51-70-66(63-49-48-62(77-63)61-47-46-60(76-61)59-45-44-58(75-59)57-43-42-54(5)74-57)65-64(67(70)71)55(6)69(68(65)72)50-36-34-41-56(73-52-37-30-27-18-15-12-9-3)40-32-29-26-24-22-20-17-14-11-8-2/h42-49,53,56H,7-41,50-52H2,1-6H3. The van der Waals surface area contributed by atoms with Crippen LogP contribution in [0.25, 0.3) is 35.0 Å². The van der Waals surface area contributed by atoms with Crippen molar-refractivity contribution in [2.45, 2.75) is 272 Å². The van der Waals surface area contributed by atoms with Crippen LogP contribution in [-0.2, 0) is 14.3 Å². The summed E-state index contributed by atoms with van der Waals surface area (Å²) in [6, 6.07) is 17.8. The quantitative estimate of drug-likeness (QED) is 0.0415. The third-order valence-corrected chi connectivity index (χ3v) is 21.3. The molecule has 77 heavy (non-hydrogen) atoms. The maximum atomic E-state index is 14.8. The lowest BCUT2D eigenvalue weighted by Gasteiger charge is -2.24. The molecular formula is C68H104N2O3S4. The van der Waals surface area contributed by atoms with Crippen LogP contribution in [0, 0.1) is 12.8 Å². The van der Waals surface area contributed by atoms with Crippen LogP contribution in [-0.4, -0.2) is 47.4 Å². The molecule has 0 N–H and O–H groups in total. The smallest absolute Gasteiger partial charge is 0.261 e. The number of nitrogens with zero attached hydrogens (tertiary/aromatic N) is 2. The van der Waals surface area contributed by atoms with E-state index in [1.165, 1.54) is 214 Å². The Labute approximate surface area is 486 Å². The first-order valence-electron chi connectivity index (χ1n) is 31.8. The minimum Gasteiger partial charge on any atom is -0.378 e. The van der Waals surface area contributed by atoms with Crippen molar-refractivity contribution in [3.63, 3.8) is 0 Å². The van der Waals surface area contributed by atoms with Gasteiger partial charge in [0.25, 0.3) is 11.8 Å². The summed E-state index contributed by atoms with van der Waals surface area (Å²) in [5, 5.41) is 0. The molecule has 4 aromatic heterocycles. The van der Waals surface area contributed by atoms with Crippen molar-refractivity contribution in [2.24, 2.45) is 5.92 Å². The summed E-state index contributed by atoms with van der Waals surface area (Å²) in [6.07, 6.45) is 45.3. The van der Waals surface area contributed by atoms with Crippen molar-refractivity contribution in [1.82, 2.24) is 9.80 Å². The normalized spacial score (nSPS) is 14.6. The lowest BCUT2D eigenvalue weighted by Crippen LogP contribution is -2.30. The number of rotatable bonds is 45. The molecule has 428 valence electrons. The van der Waals surface area contributed by atoms with E-state index < -0.39 is 0 Å². The van der Waals surface area contributed by atoms with E-state index in [9.17, 15) is 9.59 Å². The number of fused-ring (bicyclic) bond motifs is 1. The number of hydrogen-bond acceptors (Lipinski definition) is 7. The number of allylic oxidation sites excluding steroid dienone is 1. The van der Waals surface area contributed by atoms with E-state index in [1.807, 2.05) is 50.7 Å². The molecule has 0 bridgehead atoms. The van der Waals surface area contributed by atoms with Crippen molar-refractivity contribution in [2.75, 3.05) is 19.7 Å². The predicted molar refractivity (Wildman–Crippen MR) is 340 cm³/mol. The number of amides is 2. The number of ether oxygens (including phenoxy) is 1. The SMILES string of the molecule is CCCCCCCCCCCCC(C)CCCCN1C(=O)C2=C(C)N(CCCCC(CCCCCCCCCCCC)OCCCCCCCCC)C(=O)C2=C1c1ccc(-c2ccc(-c3ccc(-c4ccc(C)s4)s3)s2)s1. The van der Waals surface area contributed by atoms with Crippen molar-refractivity contribution >= 4 is 62.9 Å². The van der Waals surface area contributed by atoms with E-state index in [0.717, 1.165) is 67.8 Å². The number of carbonyl (C=O) groups excluding carboxylic acids is 2. The molecule has 0 aliphatic carbocycles. The van der Waals surface area contributed by atoms with Crippen LogP contribution in [0.2, 0.25) is 0 Å². The minimum absolute atomic E-state index is 0.00774. The Morgan fingerprint density at radius 3 is 1.21 bits per heavy atom. The van der Waals surface area contributed by atoms with Crippen molar-refractivity contribution in [3.8, 4) is 29.3 Å². The van der Waals surface area contributed by atoms with Crippen LogP contribution in [0.4, 0.5) is 0 Å². The van der Waals surface area contributed by atoms with Crippen LogP contribution in [0.1, 0.15) is 269 Å². The Bertz CT molecular complexity index is 2340. The summed E-state index contributed by atoms with van der Waals surface area (Å²) in [7, 11) is 0. The van der Waals surface area contributed by atoms with Gasteiger partial charge >= 0.3 is 0 Å². The summed E-state index contributed by atoms with van der Waals surface area (Å²) in [4.78, 5) is 43.5. The van der Waals surface area contributed by atoms with E-state index in [0.29, 0.717) is 30.2 Å². The van der Waals surface area contributed by atoms with Crippen molar-refractivity contribution in [3.05, 3.63) is 75.1 Å². The number of carbonyl (C=O) groups is 2. The average molecular weight is 1130 g/mol. The van der Waals surface area contributed by atoms with Gasteiger partial charge in [0.2, 0.25) is 0 Å². The van der Waals surface area contributed by atoms with Gasteiger partial charge in [0.15, 0.2) is 0 Å². The number of unbranched alkanes of at least 4 members (excludes halogenated alkanes) is 26. The molecule has 2 aliphatic rings. The van der Waals surface area contributed by atoms with Crippen LogP contribution in [0.15, 0.2) is 65.4 Å². The molecule has 2 unspecified atom stereocenters. The maximum absolute atomic E-state index is 14.8.